The molecule has 0 aromatic carbocycles. The molecule has 2 saturated heterocycles. The molecule has 0 radical (unpaired) electrons. The Morgan fingerprint density at radius 1 is 1.25 bits per heavy atom. The van der Waals surface area contributed by atoms with Crippen LogP contribution in [0.25, 0.3) is 0 Å². The van der Waals surface area contributed by atoms with Gasteiger partial charge in [0.1, 0.15) is 0 Å². The molecule has 2 aliphatic rings. The number of carbonyl (C=O) groups excluding carboxylic acids is 1. The molecular weight excluding hydrogens is 240 g/mol. The summed E-state index contributed by atoms with van der Waals surface area (Å²) in [6.07, 6.45) is 3.61. The van der Waals surface area contributed by atoms with Gasteiger partial charge in [0.2, 0.25) is 0 Å². The van der Waals surface area contributed by atoms with E-state index in [0.29, 0.717) is 5.25 Å². The molecule has 16 heavy (non-hydrogen) atoms. The van der Waals surface area contributed by atoms with Gasteiger partial charge in [-0.1, -0.05) is 0 Å². The smallest absolute Gasteiger partial charge is 0.317 e. The van der Waals surface area contributed by atoms with Crippen molar-refractivity contribution >= 4 is 29.6 Å². The molecule has 0 aromatic rings. The summed E-state index contributed by atoms with van der Waals surface area (Å²) in [7, 11) is 0. The van der Waals surface area contributed by atoms with Gasteiger partial charge in [-0.25, -0.2) is 4.79 Å². The van der Waals surface area contributed by atoms with Crippen LogP contribution in [0.4, 0.5) is 4.79 Å². The van der Waals surface area contributed by atoms with Crippen LogP contribution in [0.15, 0.2) is 0 Å². The fraction of sp³-hybridized carbons (Fsp3) is 0.909. The molecule has 1 unspecified atom stereocenters. The highest BCUT2D eigenvalue weighted by Gasteiger charge is 2.19. The van der Waals surface area contributed by atoms with Crippen LogP contribution in [-0.2, 0) is 0 Å². The molecule has 2 fully saturated rings. The van der Waals surface area contributed by atoms with Crippen LogP contribution in [0.1, 0.15) is 19.3 Å². The van der Waals surface area contributed by atoms with Crippen LogP contribution in [0.2, 0.25) is 0 Å². The highest BCUT2D eigenvalue weighted by molar-refractivity contribution is 8.06. The minimum Gasteiger partial charge on any atom is -0.337 e. The van der Waals surface area contributed by atoms with Crippen molar-refractivity contribution in [2.24, 2.45) is 0 Å². The van der Waals surface area contributed by atoms with Gasteiger partial charge >= 0.3 is 6.03 Å². The van der Waals surface area contributed by atoms with Crippen LogP contribution in [0, 0.1) is 0 Å². The summed E-state index contributed by atoms with van der Waals surface area (Å²) in [5.74, 6) is 3.68. The SMILES string of the molecule is O=C(NCC1CSCCS1)N1CCCCC1. The molecule has 0 spiro atoms. The number of urea groups is 1. The molecule has 0 saturated carbocycles. The predicted octanol–water partition coefficient (Wildman–Crippen LogP) is 2.03. The van der Waals surface area contributed by atoms with Crippen LogP contribution in [-0.4, -0.2) is 53.1 Å². The number of rotatable bonds is 2. The summed E-state index contributed by atoms with van der Waals surface area (Å²) in [6.45, 7) is 2.73. The summed E-state index contributed by atoms with van der Waals surface area (Å²) < 4.78 is 0. The molecule has 5 heteroatoms. The molecule has 2 heterocycles. The summed E-state index contributed by atoms with van der Waals surface area (Å²) in [5, 5.41) is 3.69. The van der Waals surface area contributed by atoms with E-state index in [-0.39, 0.29) is 6.03 Å². The van der Waals surface area contributed by atoms with Crippen molar-refractivity contribution in [3.05, 3.63) is 0 Å². The second-order valence-electron chi connectivity index (χ2n) is 4.30. The zero-order valence-corrected chi connectivity index (χ0v) is 11.2. The maximum atomic E-state index is 11.8. The molecule has 0 bridgehead atoms. The van der Waals surface area contributed by atoms with E-state index >= 15 is 0 Å². The molecule has 2 rings (SSSR count). The van der Waals surface area contributed by atoms with E-state index in [9.17, 15) is 4.79 Å². The quantitative estimate of drug-likeness (QED) is 0.824. The number of hydrogen-bond acceptors (Lipinski definition) is 3. The molecule has 0 aliphatic carbocycles. The van der Waals surface area contributed by atoms with Crippen molar-refractivity contribution in [2.45, 2.75) is 24.5 Å². The number of nitrogens with zero attached hydrogens (tertiary/aromatic N) is 1. The second kappa shape index (κ2) is 6.64. The van der Waals surface area contributed by atoms with Crippen LogP contribution < -0.4 is 5.32 Å². The van der Waals surface area contributed by atoms with Crippen molar-refractivity contribution in [1.82, 2.24) is 10.2 Å². The first kappa shape index (κ1) is 12.4. The Morgan fingerprint density at radius 3 is 2.75 bits per heavy atom. The van der Waals surface area contributed by atoms with Crippen LogP contribution in [0.5, 0.6) is 0 Å². The van der Waals surface area contributed by atoms with Crippen molar-refractivity contribution in [3.63, 3.8) is 0 Å². The largest absolute Gasteiger partial charge is 0.337 e. The van der Waals surface area contributed by atoms with Crippen LogP contribution >= 0.6 is 23.5 Å². The average Bonchev–Trinajstić information content (AvgIpc) is 2.38. The van der Waals surface area contributed by atoms with Gasteiger partial charge in [-0.3, -0.25) is 0 Å². The van der Waals surface area contributed by atoms with Gasteiger partial charge in [0.25, 0.3) is 0 Å². The lowest BCUT2D eigenvalue weighted by Crippen LogP contribution is -2.45. The topological polar surface area (TPSA) is 32.3 Å². The average molecular weight is 260 g/mol. The Labute approximate surface area is 106 Å². The molecule has 92 valence electrons. The lowest BCUT2D eigenvalue weighted by Gasteiger charge is -2.28. The van der Waals surface area contributed by atoms with Crippen molar-refractivity contribution < 1.29 is 4.79 Å². The molecule has 3 nitrogen and oxygen atoms in total. The Bertz CT molecular complexity index is 226. The van der Waals surface area contributed by atoms with E-state index in [1.54, 1.807) is 0 Å². The lowest BCUT2D eigenvalue weighted by molar-refractivity contribution is 0.186. The molecule has 0 aromatic heterocycles. The molecular formula is C11H20N2OS2. The minimum atomic E-state index is 0.149. The van der Waals surface area contributed by atoms with Gasteiger partial charge in [0.15, 0.2) is 0 Å². The lowest BCUT2D eigenvalue weighted by atomic mass is 10.1. The Kier molecular flexibility index (Phi) is 5.16. The summed E-state index contributed by atoms with van der Waals surface area (Å²) >= 11 is 4.00. The van der Waals surface area contributed by atoms with E-state index in [4.69, 9.17) is 0 Å². The fourth-order valence-corrected chi connectivity index (χ4v) is 4.68. The first-order valence-corrected chi connectivity index (χ1v) is 8.29. The monoisotopic (exact) mass is 260 g/mol. The summed E-state index contributed by atoms with van der Waals surface area (Å²) in [6, 6.07) is 0.149. The molecule has 2 aliphatic heterocycles. The number of likely N-dealkylation sites (tertiary alicyclic amines) is 1. The van der Waals surface area contributed by atoms with Gasteiger partial charge in [-0.15, -0.1) is 0 Å². The van der Waals surface area contributed by atoms with Crippen molar-refractivity contribution in [1.29, 1.82) is 0 Å². The number of piperidine rings is 1. The maximum absolute atomic E-state index is 11.8. The molecule has 1 N–H and O–H groups in total. The predicted molar refractivity (Wildman–Crippen MR) is 72.4 cm³/mol. The second-order valence-corrected chi connectivity index (χ2v) is 6.86. The third-order valence-corrected chi connectivity index (χ3v) is 5.85. The zero-order chi connectivity index (χ0) is 11.2. The summed E-state index contributed by atoms with van der Waals surface area (Å²) in [5.41, 5.74) is 0. The van der Waals surface area contributed by atoms with Gasteiger partial charge in [0.05, 0.1) is 0 Å². The number of carbonyl (C=O) groups is 1. The summed E-state index contributed by atoms with van der Waals surface area (Å²) in [4.78, 5) is 13.8. The van der Waals surface area contributed by atoms with E-state index in [1.165, 1.54) is 36.5 Å². The Balaban J connectivity index is 1.65. The third-order valence-electron chi connectivity index (χ3n) is 3.01. The minimum absolute atomic E-state index is 0.149. The first-order valence-electron chi connectivity index (χ1n) is 6.08. The maximum Gasteiger partial charge on any atom is 0.317 e. The van der Waals surface area contributed by atoms with Crippen LogP contribution in [0.3, 0.4) is 0 Å². The standard InChI is InChI=1S/C11H20N2OS2/c14-11(13-4-2-1-3-5-13)12-8-10-9-15-6-7-16-10/h10H,1-9H2,(H,12,14). The van der Waals surface area contributed by atoms with Gasteiger partial charge in [-0.05, 0) is 19.3 Å². The molecule has 1 atom stereocenters. The highest BCUT2D eigenvalue weighted by atomic mass is 32.2. The van der Waals surface area contributed by atoms with Gasteiger partial charge in [-0.2, -0.15) is 23.5 Å². The number of thioether (sulfide) groups is 2. The zero-order valence-electron chi connectivity index (χ0n) is 9.61. The van der Waals surface area contributed by atoms with E-state index in [2.05, 4.69) is 5.32 Å². The van der Waals surface area contributed by atoms with Crippen molar-refractivity contribution in [2.75, 3.05) is 36.9 Å². The Hall–Kier alpha value is -0.0300. The first-order chi connectivity index (χ1) is 7.86. The molecule has 2 amide bonds. The highest BCUT2D eigenvalue weighted by Crippen LogP contribution is 2.23. The van der Waals surface area contributed by atoms with Gasteiger partial charge < -0.3 is 10.2 Å². The number of nitrogens with one attached hydrogen (secondary N) is 1. The normalized spacial score (nSPS) is 26.5. The van der Waals surface area contributed by atoms with E-state index < -0.39 is 0 Å². The van der Waals surface area contributed by atoms with E-state index in [0.717, 1.165) is 19.6 Å². The number of hydrogen-bond donors (Lipinski definition) is 1. The van der Waals surface area contributed by atoms with E-state index in [1.807, 2.05) is 28.4 Å². The van der Waals surface area contributed by atoms with Crippen molar-refractivity contribution in [3.8, 4) is 0 Å². The van der Waals surface area contributed by atoms with Gasteiger partial charge in [0, 0.05) is 42.1 Å². The Morgan fingerprint density at radius 2 is 2.06 bits per heavy atom. The fourth-order valence-electron chi connectivity index (χ4n) is 2.06. The number of amides is 2. The third kappa shape index (κ3) is 3.77.